The molecule has 4 aromatic rings. The normalized spacial score (nSPS) is 15.5. The van der Waals surface area contributed by atoms with Gasteiger partial charge < -0.3 is 25.2 Å². The van der Waals surface area contributed by atoms with Gasteiger partial charge in [-0.05, 0) is 35.0 Å². The third-order valence-corrected chi connectivity index (χ3v) is 5.81. The second-order valence-corrected chi connectivity index (χ2v) is 8.20. The number of carbonyl (C=O) groups is 1. The Bertz CT molecular complexity index is 1360. The van der Waals surface area contributed by atoms with Crippen LogP contribution in [0.5, 0.6) is 0 Å². The van der Waals surface area contributed by atoms with E-state index in [2.05, 4.69) is 40.2 Å². The molecule has 0 spiro atoms. The molecule has 5 heterocycles. The second-order valence-electron chi connectivity index (χ2n) is 8.20. The summed E-state index contributed by atoms with van der Waals surface area (Å²) in [5.41, 5.74) is 1.63. The van der Waals surface area contributed by atoms with Crippen molar-refractivity contribution in [3.05, 3.63) is 83.2 Å². The first-order valence-electron chi connectivity index (χ1n) is 11.2. The number of aromatic nitrogens is 6. The summed E-state index contributed by atoms with van der Waals surface area (Å²) in [6, 6.07) is 8.49. The molecule has 36 heavy (non-hydrogen) atoms. The van der Waals surface area contributed by atoms with E-state index in [9.17, 15) is 14.9 Å². The lowest BCUT2D eigenvalue weighted by molar-refractivity contribution is -0.389. The smallest absolute Gasteiger partial charge is 0.365 e. The van der Waals surface area contributed by atoms with E-state index in [0.717, 1.165) is 5.69 Å². The molecular formula is C23H22N10O3. The van der Waals surface area contributed by atoms with Crippen molar-refractivity contribution in [3.8, 4) is 5.82 Å². The molecule has 1 atom stereocenters. The molecule has 0 bridgehead atoms. The fraction of sp³-hybridized carbons (Fsp3) is 0.217. The van der Waals surface area contributed by atoms with Crippen molar-refractivity contribution in [3.63, 3.8) is 0 Å². The van der Waals surface area contributed by atoms with Gasteiger partial charge in [0, 0.05) is 56.0 Å². The van der Waals surface area contributed by atoms with E-state index in [-0.39, 0.29) is 17.8 Å². The summed E-state index contributed by atoms with van der Waals surface area (Å²) < 4.78 is 1.61. The SMILES string of the molecule is C[C@H]1CN(c2ccnc([N+](=O)[O-])c2)CCN1c1ncc(NC(=O)c2ccc(-n3cccn3)nc2)cn1. The van der Waals surface area contributed by atoms with Crippen LogP contribution < -0.4 is 15.1 Å². The molecule has 5 rings (SSSR count). The van der Waals surface area contributed by atoms with Gasteiger partial charge in [-0.2, -0.15) is 5.10 Å². The van der Waals surface area contributed by atoms with Gasteiger partial charge in [0.15, 0.2) is 5.82 Å². The van der Waals surface area contributed by atoms with Crippen LogP contribution in [0.3, 0.4) is 0 Å². The molecule has 0 unspecified atom stereocenters. The topological polar surface area (TPSA) is 148 Å². The van der Waals surface area contributed by atoms with Crippen LogP contribution in [0.15, 0.2) is 67.5 Å². The number of anilines is 3. The minimum atomic E-state index is -0.496. The number of hydrogen-bond donors (Lipinski definition) is 1. The van der Waals surface area contributed by atoms with Gasteiger partial charge in [-0.25, -0.2) is 19.6 Å². The molecule has 1 amide bonds. The maximum atomic E-state index is 12.6. The van der Waals surface area contributed by atoms with Crippen molar-refractivity contribution >= 4 is 29.0 Å². The second kappa shape index (κ2) is 9.74. The van der Waals surface area contributed by atoms with Crippen molar-refractivity contribution in [2.75, 3.05) is 34.8 Å². The van der Waals surface area contributed by atoms with E-state index in [1.807, 2.05) is 6.92 Å². The van der Waals surface area contributed by atoms with E-state index in [1.165, 1.54) is 18.5 Å². The third-order valence-electron chi connectivity index (χ3n) is 5.81. The number of rotatable bonds is 6. The molecule has 13 heteroatoms. The average molecular weight is 486 g/mol. The summed E-state index contributed by atoms with van der Waals surface area (Å²) in [6.07, 6.45) is 9.49. The largest absolute Gasteiger partial charge is 0.367 e. The van der Waals surface area contributed by atoms with Crippen LogP contribution in [0.25, 0.3) is 5.82 Å². The molecule has 1 aliphatic heterocycles. The van der Waals surface area contributed by atoms with Gasteiger partial charge >= 0.3 is 5.82 Å². The molecule has 0 aliphatic carbocycles. The average Bonchev–Trinajstić information content (AvgIpc) is 3.44. The van der Waals surface area contributed by atoms with Crippen molar-refractivity contribution in [1.29, 1.82) is 0 Å². The molecule has 4 aromatic heterocycles. The van der Waals surface area contributed by atoms with Gasteiger partial charge in [0.25, 0.3) is 5.91 Å². The zero-order valence-electron chi connectivity index (χ0n) is 19.3. The number of amides is 1. The lowest BCUT2D eigenvalue weighted by Gasteiger charge is -2.40. The maximum absolute atomic E-state index is 12.6. The summed E-state index contributed by atoms with van der Waals surface area (Å²) >= 11 is 0. The zero-order valence-corrected chi connectivity index (χ0v) is 19.3. The molecule has 182 valence electrons. The van der Waals surface area contributed by atoms with E-state index >= 15 is 0 Å². The molecule has 1 aliphatic rings. The number of pyridine rings is 2. The number of nitrogens with zero attached hydrogens (tertiary/aromatic N) is 9. The molecule has 0 saturated carbocycles. The Kier molecular flexibility index (Phi) is 6.18. The Hall–Kier alpha value is -4.94. The lowest BCUT2D eigenvalue weighted by atomic mass is 10.2. The van der Waals surface area contributed by atoms with E-state index < -0.39 is 4.92 Å². The van der Waals surface area contributed by atoms with Crippen LogP contribution in [0, 0.1) is 10.1 Å². The van der Waals surface area contributed by atoms with E-state index in [0.29, 0.717) is 42.7 Å². The molecule has 1 N–H and O–H groups in total. The van der Waals surface area contributed by atoms with Gasteiger partial charge in [-0.1, -0.05) is 0 Å². The van der Waals surface area contributed by atoms with Gasteiger partial charge in [0.2, 0.25) is 5.95 Å². The molecule has 1 fully saturated rings. The van der Waals surface area contributed by atoms with Crippen LogP contribution in [0.4, 0.5) is 23.1 Å². The highest BCUT2D eigenvalue weighted by atomic mass is 16.6. The first-order chi connectivity index (χ1) is 17.5. The van der Waals surface area contributed by atoms with Crippen LogP contribution >= 0.6 is 0 Å². The summed E-state index contributed by atoms with van der Waals surface area (Å²) in [6.45, 7) is 3.97. The summed E-state index contributed by atoms with van der Waals surface area (Å²) in [5.74, 6) is 0.666. The Balaban J connectivity index is 1.20. The highest BCUT2D eigenvalue weighted by Crippen LogP contribution is 2.24. The minimum absolute atomic E-state index is 0.0609. The lowest BCUT2D eigenvalue weighted by Crippen LogP contribution is -2.52. The van der Waals surface area contributed by atoms with Crippen molar-refractivity contribution in [2.45, 2.75) is 13.0 Å². The van der Waals surface area contributed by atoms with Gasteiger partial charge in [-0.3, -0.25) is 4.79 Å². The quantitative estimate of drug-likeness (QED) is 0.318. The number of nitrogens with one attached hydrogen (secondary N) is 1. The summed E-state index contributed by atoms with van der Waals surface area (Å²) in [7, 11) is 0. The highest BCUT2D eigenvalue weighted by molar-refractivity contribution is 6.03. The predicted molar refractivity (Wildman–Crippen MR) is 131 cm³/mol. The number of nitro groups is 1. The van der Waals surface area contributed by atoms with Gasteiger partial charge in [0.1, 0.15) is 6.20 Å². The zero-order chi connectivity index (χ0) is 25.1. The van der Waals surface area contributed by atoms with E-state index in [4.69, 9.17) is 0 Å². The van der Waals surface area contributed by atoms with Crippen LogP contribution in [0.1, 0.15) is 17.3 Å². The molecule has 0 radical (unpaired) electrons. The number of hydrogen-bond acceptors (Lipinski definition) is 10. The van der Waals surface area contributed by atoms with E-state index in [1.54, 1.807) is 53.7 Å². The summed E-state index contributed by atoms with van der Waals surface area (Å²) in [5, 5.41) is 17.9. The Morgan fingerprint density at radius 1 is 1.08 bits per heavy atom. The van der Waals surface area contributed by atoms with Gasteiger partial charge in [-0.15, -0.1) is 0 Å². The van der Waals surface area contributed by atoms with Crippen molar-refractivity contribution < 1.29 is 9.72 Å². The Morgan fingerprint density at radius 2 is 1.92 bits per heavy atom. The molecule has 13 nitrogen and oxygen atoms in total. The monoisotopic (exact) mass is 486 g/mol. The van der Waals surface area contributed by atoms with Gasteiger partial charge in [0.05, 0.1) is 29.7 Å². The first kappa shape index (κ1) is 22.8. The first-order valence-corrected chi connectivity index (χ1v) is 11.2. The van der Waals surface area contributed by atoms with Crippen LogP contribution in [0.2, 0.25) is 0 Å². The Morgan fingerprint density at radius 3 is 2.58 bits per heavy atom. The number of carbonyl (C=O) groups excluding carboxylic acids is 1. The standard InChI is InChI=1S/C23H22N10O3/c1-16-15-30(19-5-7-24-21(11-19)33(35)36)9-10-31(16)23-26-13-18(14-27-23)29-22(34)17-3-4-20(25-12-17)32-8-2-6-28-32/h2-8,11-14,16H,9-10,15H2,1H3,(H,29,34)/t16-/m0/s1. The molecular weight excluding hydrogens is 464 g/mol. The van der Waals surface area contributed by atoms with Crippen molar-refractivity contribution in [1.82, 2.24) is 29.7 Å². The summed E-state index contributed by atoms with van der Waals surface area (Å²) in [4.78, 5) is 44.2. The highest BCUT2D eigenvalue weighted by Gasteiger charge is 2.26. The van der Waals surface area contributed by atoms with Crippen LogP contribution in [-0.4, -0.2) is 66.2 Å². The fourth-order valence-electron chi connectivity index (χ4n) is 3.99. The fourth-order valence-corrected chi connectivity index (χ4v) is 3.99. The van der Waals surface area contributed by atoms with Crippen molar-refractivity contribution in [2.24, 2.45) is 0 Å². The Labute approximate surface area is 205 Å². The molecule has 1 saturated heterocycles. The predicted octanol–water partition coefficient (Wildman–Crippen LogP) is 2.33. The van der Waals surface area contributed by atoms with Crippen LogP contribution in [-0.2, 0) is 0 Å². The third kappa shape index (κ3) is 4.80. The minimum Gasteiger partial charge on any atom is -0.367 e. The number of piperazine rings is 1. The maximum Gasteiger partial charge on any atom is 0.365 e. The molecule has 0 aromatic carbocycles.